The van der Waals surface area contributed by atoms with Crippen LogP contribution in [0.1, 0.15) is 32.0 Å². The highest BCUT2D eigenvalue weighted by molar-refractivity contribution is 6.30. The number of hydrogen-bond donors (Lipinski definition) is 0. The van der Waals surface area contributed by atoms with Crippen molar-refractivity contribution in [2.24, 2.45) is 0 Å². The van der Waals surface area contributed by atoms with Gasteiger partial charge >= 0.3 is 0 Å². The Kier molecular flexibility index (Phi) is 4.28. The van der Waals surface area contributed by atoms with Crippen molar-refractivity contribution in [1.82, 2.24) is 14.0 Å². The minimum atomic E-state index is -0.376. The molecule has 2 aromatic heterocycles. The Morgan fingerprint density at radius 3 is 2.58 bits per heavy atom. The number of aromatic nitrogens is 3. The zero-order chi connectivity index (χ0) is 17.4. The van der Waals surface area contributed by atoms with Crippen LogP contribution < -0.4 is 5.56 Å². The van der Waals surface area contributed by atoms with Crippen molar-refractivity contribution < 1.29 is 4.79 Å². The molecule has 0 amide bonds. The highest BCUT2D eigenvalue weighted by Crippen LogP contribution is 2.23. The van der Waals surface area contributed by atoms with Gasteiger partial charge in [-0.25, -0.2) is 4.98 Å². The number of hydrogen-bond acceptors (Lipinski definition) is 3. The lowest BCUT2D eigenvalue weighted by Crippen LogP contribution is -2.24. The summed E-state index contributed by atoms with van der Waals surface area (Å²) in [6, 6.07) is 8.42. The van der Waals surface area contributed by atoms with E-state index >= 15 is 0 Å². The zero-order valence-electron chi connectivity index (χ0n) is 13.8. The number of carbonyl (C=O) groups is 1. The number of aryl methyl sites for hydroxylation is 1. The number of Topliss-reactive ketones (excluding diaryl/α,β-unsaturated/α-hetero) is 1. The second kappa shape index (κ2) is 6.24. The number of imidazole rings is 1. The van der Waals surface area contributed by atoms with Gasteiger partial charge in [-0.2, -0.15) is 0 Å². The number of carbonyl (C=O) groups excluding carboxylic acids is 1. The first-order valence-corrected chi connectivity index (χ1v) is 8.20. The standard InChI is InChI=1S/C18H18ClN3O2/c1-4-16(23)12(3)22-11(2)9-17(24)21-10-15(20-18(21)22)13-5-7-14(19)8-6-13/h5-10,12H,4H2,1-3H3. The van der Waals surface area contributed by atoms with Gasteiger partial charge in [0.25, 0.3) is 5.56 Å². The lowest BCUT2D eigenvalue weighted by atomic mass is 10.1. The van der Waals surface area contributed by atoms with Crippen LogP contribution in [-0.4, -0.2) is 19.7 Å². The summed E-state index contributed by atoms with van der Waals surface area (Å²) >= 11 is 5.92. The molecule has 0 bridgehead atoms. The van der Waals surface area contributed by atoms with Crippen molar-refractivity contribution in [3.63, 3.8) is 0 Å². The van der Waals surface area contributed by atoms with E-state index in [0.717, 1.165) is 11.3 Å². The Morgan fingerprint density at radius 1 is 1.29 bits per heavy atom. The first kappa shape index (κ1) is 16.5. The molecule has 3 rings (SSSR count). The van der Waals surface area contributed by atoms with Crippen molar-refractivity contribution in [1.29, 1.82) is 0 Å². The van der Waals surface area contributed by atoms with Crippen LogP contribution >= 0.6 is 11.6 Å². The minimum absolute atomic E-state index is 0.0969. The summed E-state index contributed by atoms with van der Waals surface area (Å²) in [6.07, 6.45) is 2.13. The van der Waals surface area contributed by atoms with Crippen molar-refractivity contribution in [3.8, 4) is 11.3 Å². The summed E-state index contributed by atoms with van der Waals surface area (Å²) in [7, 11) is 0. The average molecular weight is 344 g/mol. The third-order valence-electron chi connectivity index (χ3n) is 4.19. The molecule has 1 aromatic carbocycles. The average Bonchev–Trinajstić information content (AvgIpc) is 3.00. The number of ketones is 1. The third-order valence-corrected chi connectivity index (χ3v) is 4.45. The van der Waals surface area contributed by atoms with Gasteiger partial charge in [-0.1, -0.05) is 30.7 Å². The number of rotatable bonds is 4. The van der Waals surface area contributed by atoms with Crippen molar-refractivity contribution in [3.05, 3.63) is 57.6 Å². The van der Waals surface area contributed by atoms with Crippen LogP contribution in [0.2, 0.25) is 5.02 Å². The molecule has 1 atom stereocenters. The fourth-order valence-electron chi connectivity index (χ4n) is 2.86. The molecule has 6 heteroatoms. The number of halogens is 1. The molecule has 0 saturated carbocycles. The van der Waals surface area contributed by atoms with Crippen LogP contribution in [0, 0.1) is 6.92 Å². The van der Waals surface area contributed by atoms with E-state index in [4.69, 9.17) is 11.6 Å². The molecule has 124 valence electrons. The van der Waals surface area contributed by atoms with Crippen LogP contribution in [0.15, 0.2) is 41.3 Å². The molecule has 0 N–H and O–H groups in total. The molecular weight excluding hydrogens is 326 g/mol. The van der Waals surface area contributed by atoms with E-state index in [0.29, 0.717) is 22.9 Å². The zero-order valence-corrected chi connectivity index (χ0v) is 14.5. The molecular formula is C18H18ClN3O2. The minimum Gasteiger partial charge on any atom is -0.305 e. The third kappa shape index (κ3) is 2.76. The Balaban J connectivity index is 2.24. The molecule has 24 heavy (non-hydrogen) atoms. The summed E-state index contributed by atoms with van der Waals surface area (Å²) in [5.74, 6) is 0.568. The summed E-state index contributed by atoms with van der Waals surface area (Å²) in [6.45, 7) is 5.48. The number of nitrogens with zero attached hydrogens (tertiary/aromatic N) is 3. The molecule has 0 fully saturated rings. The maximum absolute atomic E-state index is 12.3. The van der Waals surface area contributed by atoms with E-state index in [1.807, 2.05) is 37.5 Å². The first-order chi connectivity index (χ1) is 11.4. The highest BCUT2D eigenvalue weighted by Gasteiger charge is 2.19. The largest absolute Gasteiger partial charge is 0.305 e. The summed E-state index contributed by atoms with van der Waals surface area (Å²) < 4.78 is 3.29. The smallest absolute Gasteiger partial charge is 0.259 e. The van der Waals surface area contributed by atoms with Crippen LogP contribution in [0.25, 0.3) is 17.0 Å². The van der Waals surface area contributed by atoms with Crippen molar-refractivity contribution in [2.45, 2.75) is 33.2 Å². The topological polar surface area (TPSA) is 56.4 Å². The van der Waals surface area contributed by atoms with E-state index in [1.54, 1.807) is 18.3 Å². The Labute approximate surface area is 144 Å². The van der Waals surface area contributed by atoms with E-state index in [-0.39, 0.29) is 17.4 Å². The molecule has 0 aliphatic rings. The fourth-order valence-corrected chi connectivity index (χ4v) is 2.98. The second-order valence-electron chi connectivity index (χ2n) is 5.79. The Morgan fingerprint density at radius 2 is 1.96 bits per heavy atom. The fraction of sp³-hybridized carbons (Fsp3) is 0.278. The molecule has 0 radical (unpaired) electrons. The van der Waals surface area contributed by atoms with Crippen LogP contribution in [-0.2, 0) is 4.79 Å². The van der Waals surface area contributed by atoms with E-state index in [2.05, 4.69) is 4.98 Å². The van der Waals surface area contributed by atoms with Gasteiger partial charge in [-0.3, -0.25) is 14.0 Å². The number of fused-ring (bicyclic) bond motifs is 1. The molecule has 3 aromatic rings. The molecule has 0 aliphatic heterocycles. The molecule has 0 saturated heterocycles. The van der Waals surface area contributed by atoms with Crippen LogP contribution in [0.4, 0.5) is 0 Å². The van der Waals surface area contributed by atoms with Crippen molar-refractivity contribution >= 4 is 23.2 Å². The maximum Gasteiger partial charge on any atom is 0.259 e. The molecule has 0 aliphatic carbocycles. The van der Waals surface area contributed by atoms with Crippen molar-refractivity contribution in [2.75, 3.05) is 0 Å². The number of benzene rings is 1. The maximum atomic E-state index is 12.3. The Hall–Kier alpha value is -2.40. The molecule has 2 heterocycles. The predicted molar refractivity (Wildman–Crippen MR) is 94.6 cm³/mol. The van der Waals surface area contributed by atoms with Gasteiger partial charge in [0, 0.05) is 35.0 Å². The second-order valence-corrected chi connectivity index (χ2v) is 6.23. The van der Waals surface area contributed by atoms with Gasteiger partial charge in [-0.15, -0.1) is 0 Å². The van der Waals surface area contributed by atoms with E-state index in [9.17, 15) is 9.59 Å². The van der Waals surface area contributed by atoms with Crippen LogP contribution in [0.5, 0.6) is 0 Å². The lowest BCUT2D eigenvalue weighted by molar-refractivity contribution is -0.121. The monoisotopic (exact) mass is 343 g/mol. The highest BCUT2D eigenvalue weighted by atomic mass is 35.5. The van der Waals surface area contributed by atoms with Crippen LogP contribution in [0.3, 0.4) is 0 Å². The van der Waals surface area contributed by atoms with Gasteiger partial charge < -0.3 is 4.57 Å². The van der Waals surface area contributed by atoms with Gasteiger partial charge in [0.1, 0.15) is 0 Å². The van der Waals surface area contributed by atoms with E-state index < -0.39 is 0 Å². The lowest BCUT2D eigenvalue weighted by Gasteiger charge is -2.18. The Bertz CT molecular complexity index is 970. The predicted octanol–water partition coefficient (Wildman–Crippen LogP) is 3.66. The quantitative estimate of drug-likeness (QED) is 0.726. The SMILES string of the molecule is CCC(=O)C(C)n1c(C)cc(=O)n2cc(-c3ccc(Cl)cc3)nc12. The first-order valence-electron chi connectivity index (χ1n) is 7.82. The van der Waals surface area contributed by atoms with Gasteiger partial charge in [0.05, 0.1) is 11.7 Å². The molecule has 0 spiro atoms. The van der Waals surface area contributed by atoms with Gasteiger partial charge in [0.15, 0.2) is 5.78 Å². The van der Waals surface area contributed by atoms with E-state index in [1.165, 1.54) is 10.5 Å². The molecule has 1 unspecified atom stereocenters. The summed E-state index contributed by atoms with van der Waals surface area (Å²) in [5.41, 5.74) is 2.08. The van der Waals surface area contributed by atoms with Gasteiger partial charge in [-0.05, 0) is 26.0 Å². The normalized spacial score (nSPS) is 12.5. The summed E-state index contributed by atoms with van der Waals surface area (Å²) in [4.78, 5) is 29.1. The summed E-state index contributed by atoms with van der Waals surface area (Å²) in [5, 5.41) is 0.639. The molecule has 5 nitrogen and oxygen atoms in total. The van der Waals surface area contributed by atoms with Gasteiger partial charge in [0.2, 0.25) is 5.78 Å².